The Hall–Kier alpha value is -1.30. The molecule has 0 aliphatic carbocycles. The van der Waals surface area contributed by atoms with Crippen molar-refractivity contribution in [2.45, 2.75) is 19.2 Å². The molecule has 0 saturated carbocycles. The van der Waals surface area contributed by atoms with Crippen LogP contribution in [-0.2, 0) is 0 Å². The number of benzene rings is 1. The number of aliphatic hydroxyl groups is 1. The second-order valence-corrected chi connectivity index (χ2v) is 3.85. The van der Waals surface area contributed by atoms with E-state index in [1.165, 1.54) is 20.0 Å². The molecule has 1 aromatic carbocycles. The van der Waals surface area contributed by atoms with Gasteiger partial charge in [0.25, 0.3) is 0 Å². The summed E-state index contributed by atoms with van der Waals surface area (Å²) in [5.74, 6) is -0.593. The van der Waals surface area contributed by atoms with Crippen LogP contribution in [0.25, 0.3) is 0 Å². The molecule has 0 aromatic heterocycles. The number of halogens is 4. The number of hydrogen-bond donors (Lipinski definition) is 1. The minimum Gasteiger partial charge on any atom is -0.389 e. The second kappa shape index (κ2) is 4.91. The molecule has 1 unspecified atom stereocenters. The SMILES string of the molecule is CC(O)c1cc(F)ccc1N(C)CC(F)(F)F. The quantitative estimate of drug-likeness (QED) is 0.835. The van der Waals surface area contributed by atoms with E-state index in [0.29, 0.717) is 0 Å². The zero-order valence-electron chi connectivity index (χ0n) is 9.42. The highest BCUT2D eigenvalue weighted by atomic mass is 19.4. The smallest absolute Gasteiger partial charge is 0.389 e. The summed E-state index contributed by atoms with van der Waals surface area (Å²) in [5, 5.41) is 9.40. The van der Waals surface area contributed by atoms with Crippen LogP contribution in [0.4, 0.5) is 23.2 Å². The summed E-state index contributed by atoms with van der Waals surface area (Å²) < 4.78 is 49.6. The van der Waals surface area contributed by atoms with E-state index in [-0.39, 0.29) is 11.3 Å². The highest BCUT2D eigenvalue weighted by Gasteiger charge is 2.30. The van der Waals surface area contributed by atoms with Crippen molar-refractivity contribution in [1.82, 2.24) is 0 Å². The lowest BCUT2D eigenvalue weighted by Crippen LogP contribution is -2.31. The Morgan fingerprint density at radius 3 is 2.41 bits per heavy atom. The molecule has 17 heavy (non-hydrogen) atoms. The fraction of sp³-hybridized carbons (Fsp3) is 0.455. The zero-order valence-corrected chi connectivity index (χ0v) is 9.42. The lowest BCUT2D eigenvalue weighted by molar-refractivity contribution is -0.119. The van der Waals surface area contributed by atoms with Crippen molar-refractivity contribution in [3.63, 3.8) is 0 Å². The fourth-order valence-electron chi connectivity index (χ4n) is 1.56. The number of nitrogens with zero attached hydrogens (tertiary/aromatic N) is 1. The third-order valence-corrected chi connectivity index (χ3v) is 2.27. The first kappa shape index (κ1) is 13.8. The van der Waals surface area contributed by atoms with E-state index in [9.17, 15) is 22.7 Å². The van der Waals surface area contributed by atoms with Crippen LogP contribution in [0, 0.1) is 5.82 Å². The average Bonchev–Trinajstić information content (AvgIpc) is 2.14. The monoisotopic (exact) mass is 251 g/mol. The van der Waals surface area contributed by atoms with Crippen LogP contribution in [0.2, 0.25) is 0 Å². The maximum atomic E-state index is 13.0. The second-order valence-electron chi connectivity index (χ2n) is 3.85. The van der Waals surface area contributed by atoms with Crippen molar-refractivity contribution >= 4 is 5.69 Å². The van der Waals surface area contributed by atoms with Crippen LogP contribution >= 0.6 is 0 Å². The van der Waals surface area contributed by atoms with Gasteiger partial charge in [-0.15, -0.1) is 0 Å². The van der Waals surface area contributed by atoms with Gasteiger partial charge in [-0.25, -0.2) is 4.39 Å². The molecule has 0 saturated heterocycles. The van der Waals surface area contributed by atoms with Crippen LogP contribution in [0.3, 0.4) is 0 Å². The van der Waals surface area contributed by atoms with E-state index in [0.717, 1.165) is 17.0 Å². The van der Waals surface area contributed by atoms with Crippen molar-refractivity contribution in [1.29, 1.82) is 0 Å². The van der Waals surface area contributed by atoms with Gasteiger partial charge in [-0.3, -0.25) is 0 Å². The third-order valence-electron chi connectivity index (χ3n) is 2.27. The molecule has 0 fully saturated rings. The molecule has 0 heterocycles. The summed E-state index contributed by atoms with van der Waals surface area (Å²) in [6, 6.07) is 3.32. The van der Waals surface area contributed by atoms with Crippen molar-refractivity contribution < 1.29 is 22.7 Å². The molecule has 1 atom stereocenters. The fourth-order valence-corrected chi connectivity index (χ4v) is 1.56. The van der Waals surface area contributed by atoms with Gasteiger partial charge in [0.1, 0.15) is 12.4 Å². The Kier molecular flexibility index (Phi) is 3.98. The normalized spacial score (nSPS) is 13.6. The van der Waals surface area contributed by atoms with E-state index < -0.39 is 24.6 Å². The summed E-state index contributed by atoms with van der Waals surface area (Å²) in [4.78, 5) is 0.932. The molecule has 0 radical (unpaired) electrons. The molecule has 0 spiro atoms. The van der Waals surface area contributed by atoms with Crippen LogP contribution in [0.5, 0.6) is 0 Å². The van der Waals surface area contributed by atoms with E-state index in [1.54, 1.807) is 0 Å². The predicted molar refractivity (Wildman–Crippen MR) is 56.4 cm³/mol. The largest absolute Gasteiger partial charge is 0.405 e. The molecule has 2 nitrogen and oxygen atoms in total. The van der Waals surface area contributed by atoms with Gasteiger partial charge in [0, 0.05) is 18.3 Å². The van der Waals surface area contributed by atoms with Gasteiger partial charge in [0.15, 0.2) is 0 Å². The summed E-state index contributed by atoms with van der Waals surface area (Å²) >= 11 is 0. The Balaban J connectivity index is 3.04. The predicted octanol–water partition coefficient (Wildman–Crippen LogP) is 2.88. The Morgan fingerprint density at radius 1 is 1.35 bits per heavy atom. The topological polar surface area (TPSA) is 23.5 Å². The lowest BCUT2D eigenvalue weighted by atomic mass is 10.1. The summed E-state index contributed by atoms with van der Waals surface area (Å²) in [7, 11) is 1.24. The molecule has 0 bridgehead atoms. The van der Waals surface area contributed by atoms with Crippen molar-refractivity contribution in [2.75, 3.05) is 18.5 Å². The van der Waals surface area contributed by atoms with Gasteiger partial charge in [0.2, 0.25) is 0 Å². The van der Waals surface area contributed by atoms with E-state index in [1.807, 2.05) is 0 Å². The third kappa shape index (κ3) is 3.89. The van der Waals surface area contributed by atoms with Gasteiger partial charge in [-0.2, -0.15) is 13.2 Å². The van der Waals surface area contributed by atoms with E-state index >= 15 is 0 Å². The first-order valence-corrected chi connectivity index (χ1v) is 4.96. The first-order chi connectivity index (χ1) is 7.70. The lowest BCUT2D eigenvalue weighted by Gasteiger charge is -2.24. The molecule has 0 aliphatic rings. The first-order valence-electron chi connectivity index (χ1n) is 4.96. The average molecular weight is 251 g/mol. The molecule has 0 amide bonds. The van der Waals surface area contributed by atoms with Gasteiger partial charge >= 0.3 is 6.18 Å². The Bertz CT molecular complexity index is 390. The molecular formula is C11H13F4NO. The van der Waals surface area contributed by atoms with E-state index in [4.69, 9.17) is 0 Å². The standard InChI is InChI=1S/C11H13F4NO/c1-7(17)9-5-8(12)3-4-10(9)16(2)6-11(13,14)15/h3-5,7,17H,6H2,1-2H3. The molecule has 1 N–H and O–H groups in total. The van der Waals surface area contributed by atoms with Gasteiger partial charge < -0.3 is 10.0 Å². The summed E-state index contributed by atoms with van der Waals surface area (Å²) in [6.07, 6.45) is -5.38. The molecule has 96 valence electrons. The number of hydrogen-bond acceptors (Lipinski definition) is 2. The van der Waals surface area contributed by atoms with Crippen LogP contribution in [-0.4, -0.2) is 24.9 Å². The van der Waals surface area contributed by atoms with Gasteiger partial charge in [-0.1, -0.05) is 0 Å². The number of anilines is 1. The molecular weight excluding hydrogens is 238 g/mol. The number of rotatable bonds is 3. The zero-order chi connectivity index (χ0) is 13.2. The minimum absolute atomic E-state index is 0.136. The van der Waals surface area contributed by atoms with E-state index in [2.05, 4.69) is 0 Å². The molecule has 1 rings (SSSR count). The maximum absolute atomic E-state index is 13.0. The summed E-state index contributed by atoms with van der Waals surface area (Å²) in [6.45, 7) is 0.220. The maximum Gasteiger partial charge on any atom is 0.405 e. The summed E-state index contributed by atoms with van der Waals surface area (Å²) in [5.41, 5.74) is 0.301. The molecule has 1 aromatic rings. The van der Waals surface area contributed by atoms with Crippen molar-refractivity contribution in [3.05, 3.63) is 29.6 Å². The van der Waals surface area contributed by atoms with Crippen LogP contribution in [0.1, 0.15) is 18.6 Å². The number of alkyl halides is 3. The van der Waals surface area contributed by atoms with Gasteiger partial charge in [0.05, 0.1) is 6.10 Å². The highest BCUT2D eigenvalue weighted by molar-refractivity contribution is 5.54. The minimum atomic E-state index is -4.35. The molecule has 6 heteroatoms. The Morgan fingerprint density at radius 2 is 1.94 bits per heavy atom. The van der Waals surface area contributed by atoms with Crippen molar-refractivity contribution in [3.8, 4) is 0 Å². The Labute approximate surface area is 96.5 Å². The van der Waals surface area contributed by atoms with Gasteiger partial charge in [-0.05, 0) is 25.1 Å². The van der Waals surface area contributed by atoms with Crippen molar-refractivity contribution in [2.24, 2.45) is 0 Å². The van der Waals surface area contributed by atoms with Crippen LogP contribution in [0.15, 0.2) is 18.2 Å². The number of aliphatic hydroxyl groups excluding tert-OH is 1. The van der Waals surface area contributed by atoms with Crippen LogP contribution < -0.4 is 4.90 Å². The molecule has 0 aliphatic heterocycles. The highest BCUT2D eigenvalue weighted by Crippen LogP contribution is 2.28.